The molecule has 0 amide bonds. The van der Waals surface area contributed by atoms with Crippen LogP contribution in [-0.4, -0.2) is 47.8 Å². The molecule has 20 heteroatoms. The largest absolute Gasteiger partial charge is 0.425 e. The molecule has 8 bridgehead atoms. The molecule has 16 nitrogen and oxygen atoms in total. The molecule has 8 aromatic carbocycles. The summed E-state index contributed by atoms with van der Waals surface area (Å²) in [6.07, 6.45) is 0. The highest BCUT2D eigenvalue weighted by Gasteiger charge is 2.42. The zero-order valence-corrected chi connectivity index (χ0v) is 54.6. The van der Waals surface area contributed by atoms with E-state index in [4.69, 9.17) is 37.9 Å². The minimum absolute atomic E-state index is 0.0516. The first-order chi connectivity index (χ1) is 41.9. The van der Waals surface area contributed by atoms with Crippen LogP contribution in [0.15, 0.2) is 163 Å². The molecule has 1 aliphatic rings. The molecule has 1 aliphatic carbocycles. The van der Waals surface area contributed by atoms with Crippen molar-refractivity contribution in [3.05, 3.63) is 230 Å². The van der Waals surface area contributed by atoms with Gasteiger partial charge in [0.05, 0.1) is 0 Å². The first-order valence-electron chi connectivity index (χ1n) is 27.1. The Balaban J connectivity index is 1.70. The number of rotatable bonds is 12. The summed E-state index contributed by atoms with van der Waals surface area (Å²) in [5.41, 5.74) is 3.40. The molecule has 0 saturated heterocycles. The lowest BCUT2D eigenvalue weighted by Crippen LogP contribution is -2.20. The molecule has 88 heavy (non-hydrogen) atoms. The van der Waals surface area contributed by atoms with Crippen LogP contribution < -0.4 is 37.9 Å². The summed E-state index contributed by atoms with van der Waals surface area (Å²) in [6, 6.07) is 42.3. The number of fused-ring (bicyclic) bond motifs is 8. The molecule has 0 radical (unpaired) electrons. The van der Waals surface area contributed by atoms with Gasteiger partial charge in [0.1, 0.15) is 17.9 Å². The molecule has 0 fully saturated rings. The Morgan fingerprint density at radius 2 is 0.364 bits per heavy atom. The first-order valence-corrected chi connectivity index (χ1v) is 30.2. The third kappa shape index (κ3) is 13.4. The van der Waals surface area contributed by atoms with Crippen molar-refractivity contribution >= 4 is 111 Å². The van der Waals surface area contributed by atoms with Crippen LogP contribution in [0.3, 0.4) is 0 Å². The molecule has 0 aliphatic heterocycles. The monoisotopic (exact) mass is 1440 g/mol. The predicted molar refractivity (Wildman–Crippen MR) is 337 cm³/mol. The third-order valence-electron chi connectivity index (χ3n) is 13.9. The number of halogens is 4. The molecule has 8 aromatic rings. The van der Waals surface area contributed by atoms with Crippen molar-refractivity contribution in [2.24, 2.45) is 0 Å². The van der Waals surface area contributed by atoms with E-state index < -0.39 is 71.4 Å². The molecule has 9 rings (SSSR count). The van der Waals surface area contributed by atoms with Crippen LogP contribution >= 0.6 is 63.7 Å². The summed E-state index contributed by atoms with van der Waals surface area (Å²) in [7, 11) is 0. The van der Waals surface area contributed by atoms with Gasteiger partial charge >= 0.3 is 47.8 Å². The number of hydrogen-bond donors (Lipinski definition) is 0. The highest BCUT2D eigenvalue weighted by atomic mass is 79.9. The number of hydrogen-bond acceptors (Lipinski definition) is 16. The molecule has 0 N–H and O–H groups in total. The fraction of sp³-hybridized carbons (Fsp3) is 0.176. The Kier molecular flexibility index (Phi) is 19.8. The van der Waals surface area contributed by atoms with Crippen LogP contribution in [0, 0.1) is 0 Å². The number of carbonyl (C=O) groups excluding carboxylic acids is 8. The molecule has 0 aromatic heterocycles. The maximum absolute atomic E-state index is 13.7. The standard InChI is InChI=1S/C68H52Br4O16/c1-33(73)81-61-45-29-46(62(57(61)69)82-34(2)74)54(42-23-15-10-16-24-42)49-31-50(66(86-38(6)78)59(71)65(49)85-37(5)77)56(44-27-19-12-20-28-44)52-32-51(67(87-39(7)79)60(72)68(52)88-40(8)80)55(43-25-17-11-18-26-43)48-30-47(53(45)41-21-13-9-14-22-41)63(83-35(3)75)58(70)64(48)84-36(4)76/h9-32,53-56H,1-8H3. The SMILES string of the molecule is CC(=O)Oc1c2cc(c(OC(C)=O)c1Br)C(c1ccccc1)c1cc(c(OC(C)=O)c(Br)c1OC(C)=O)C(c1ccccc1)c1cc(c(OC(C)=O)c(Br)c1OC(C)=O)C(c1ccccc1)c1cc(c(OC(C)=O)c(Br)c1OC(C)=O)C2c1ccccc1. The molecule has 448 valence electrons. The van der Waals surface area contributed by atoms with Gasteiger partial charge in [-0.05, 0) is 110 Å². The van der Waals surface area contributed by atoms with Crippen LogP contribution in [0.25, 0.3) is 0 Å². The minimum Gasteiger partial charge on any atom is -0.425 e. The second-order valence-electron chi connectivity index (χ2n) is 20.2. The number of ether oxygens (including phenoxy) is 8. The molecular weight excluding hydrogens is 1390 g/mol. The van der Waals surface area contributed by atoms with Crippen LogP contribution in [0.1, 0.15) is 146 Å². The lowest BCUT2D eigenvalue weighted by Gasteiger charge is -2.33. The Morgan fingerprint density at radius 3 is 0.477 bits per heavy atom. The van der Waals surface area contributed by atoms with E-state index in [1.165, 1.54) is 55.4 Å². The Labute approximate surface area is 539 Å². The normalized spacial score (nSPS) is 15.0. The summed E-state index contributed by atoms with van der Waals surface area (Å²) in [6.45, 7) is 9.51. The van der Waals surface area contributed by atoms with Gasteiger partial charge in [0.25, 0.3) is 0 Å². The van der Waals surface area contributed by atoms with Crippen LogP contribution in [0.2, 0.25) is 0 Å². The fourth-order valence-electron chi connectivity index (χ4n) is 11.0. The maximum Gasteiger partial charge on any atom is 0.308 e. The zero-order chi connectivity index (χ0) is 63.4. The molecule has 0 unspecified atom stereocenters. The van der Waals surface area contributed by atoms with Gasteiger partial charge in [-0.2, -0.15) is 0 Å². The van der Waals surface area contributed by atoms with E-state index in [0.717, 1.165) is 0 Å². The number of esters is 8. The zero-order valence-electron chi connectivity index (χ0n) is 48.2. The van der Waals surface area contributed by atoms with Crippen molar-refractivity contribution in [3.8, 4) is 46.0 Å². The van der Waals surface area contributed by atoms with Gasteiger partial charge in [0, 0.05) is 124 Å². The van der Waals surface area contributed by atoms with Crippen molar-refractivity contribution < 1.29 is 76.3 Å². The average Bonchev–Trinajstić information content (AvgIpc) is 1.00. The third-order valence-corrected chi connectivity index (χ3v) is 16.8. The Bertz CT molecular complexity index is 3430. The molecular formula is C68H52Br4O16. The van der Waals surface area contributed by atoms with Gasteiger partial charge in [0.15, 0.2) is 46.0 Å². The summed E-state index contributed by atoms with van der Waals surface area (Å²) in [5.74, 6) is -12.6. The number of benzene rings is 8. The van der Waals surface area contributed by atoms with E-state index in [-0.39, 0.29) is 108 Å². The van der Waals surface area contributed by atoms with Crippen LogP contribution in [0.4, 0.5) is 0 Å². The van der Waals surface area contributed by atoms with E-state index >= 15 is 0 Å². The van der Waals surface area contributed by atoms with Gasteiger partial charge in [-0.25, -0.2) is 0 Å². The summed E-state index contributed by atoms with van der Waals surface area (Å²) in [4.78, 5) is 110. The number of carbonyl (C=O) groups is 8. The summed E-state index contributed by atoms with van der Waals surface area (Å²) >= 11 is 15.1. The second kappa shape index (κ2) is 27.2. The van der Waals surface area contributed by atoms with Crippen molar-refractivity contribution in [1.82, 2.24) is 0 Å². The lowest BCUT2D eigenvalue weighted by molar-refractivity contribution is -0.133. The minimum atomic E-state index is -1.22. The van der Waals surface area contributed by atoms with E-state index in [2.05, 4.69) is 63.7 Å². The molecule has 0 saturated carbocycles. The van der Waals surface area contributed by atoms with Gasteiger partial charge in [0.2, 0.25) is 0 Å². The summed E-state index contributed by atoms with van der Waals surface area (Å²) < 4.78 is 50.0. The van der Waals surface area contributed by atoms with E-state index in [1.807, 2.05) is 0 Å². The molecule has 0 spiro atoms. The van der Waals surface area contributed by atoms with Gasteiger partial charge < -0.3 is 37.9 Å². The second-order valence-corrected chi connectivity index (χ2v) is 23.4. The first kappa shape index (κ1) is 63.9. The van der Waals surface area contributed by atoms with Crippen molar-refractivity contribution in [2.45, 2.75) is 79.1 Å². The van der Waals surface area contributed by atoms with E-state index in [1.54, 1.807) is 146 Å². The van der Waals surface area contributed by atoms with Gasteiger partial charge in [-0.3, -0.25) is 38.4 Å². The van der Waals surface area contributed by atoms with Crippen LogP contribution in [0.5, 0.6) is 46.0 Å². The average molecular weight is 1440 g/mol. The van der Waals surface area contributed by atoms with Crippen molar-refractivity contribution in [2.75, 3.05) is 0 Å². The predicted octanol–water partition coefficient (Wildman–Crippen LogP) is 15.2. The molecule has 0 heterocycles. The highest BCUT2D eigenvalue weighted by molar-refractivity contribution is 9.11. The van der Waals surface area contributed by atoms with Crippen LogP contribution in [-0.2, 0) is 38.4 Å². The van der Waals surface area contributed by atoms with Crippen molar-refractivity contribution in [1.29, 1.82) is 0 Å². The fourth-order valence-corrected chi connectivity index (χ4v) is 13.5. The van der Waals surface area contributed by atoms with Gasteiger partial charge in [-0.1, -0.05) is 121 Å². The molecule has 0 atom stereocenters. The lowest BCUT2D eigenvalue weighted by atomic mass is 9.75. The van der Waals surface area contributed by atoms with Gasteiger partial charge in [-0.15, -0.1) is 0 Å². The smallest absolute Gasteiger partial charge is 0.308 e. The quantitative estimate of drug-likeness (QED) is 0.0822. The van der Waals surface area contributed by atoms with E-state index in [9.17, 15) is 38.4 Å². The van der Waals surface area contributed by atoms with Crippen molar-refractivity contribution in [3.63, 3.8) is 0 Å². The maximum atomic E-state index is 13.7. The summed E-state index contributed by atoms with van der Waals surface area (Å²) in [5, 5.41) is 0. The topological polar surface area (TPSA) is 210 Å². The Hall–Kier alpha value is -8.56. The Morgan fingerprint density at radius 1 is 0.239 bits per heavy atom. The van der Waals surface area contributed by atoms with E-state index in [0.29, 0.717) is 22.3 Å². The highest BCUT2D eigenvalue weighted by Crippen LogP contribution is 2.60.